The monoisotopic (exact) mass is 274 g/mol. The van der Waals surface area contributed by atoms with Crippen molar-refractivity contribution in [3.8, 4) is 0 Å². The molecule has 2 aromatic carbocycles. The molecule has 1 unspecified atom stereocenters. The summed E-state index contributed by atoms with van der Waals surface area (Å²) in [6.07, 6.45) is 1.61. The molecular formula is C17H19ClO. The van der Waals surface area contributed by atoms with Crippen molar-refractivity contribution in [1.82, 2.24) is 0 Å². The first kappa shape index (κ1) is 14.1. The second kappa shape index (κ2) is 5.77. The van der Waals surface area contributed by atoms with Gasteiger partial charge in [0.15, 0.2) is 0 Å². The van der Waals surface area contributed by atoms with E-state index in [0.717, 1.165) is 17.5 Å². The predicted molar refractivity (Wildman–Crippen MR) is 80.5 cm³/mol. The van der Waals surface area contributed by atoms with Crippen molar-refractivity contribution in [3.63, 3.8) is 0 Å². The smallest absolute Gasteiger partial charge is 0.0909 e. The van der Waals surface area contributed by atoms with E-state index in [4.69, 9.17) is 11.6 Å². The summed E-state index contributed by atoms with van der Waals surface area (Å²) < 4.78 is 0. The molecule has 2 rings (SSSR count). The predicted octanol–water partition coefficient (Wildman–Crippen LogP) is 4.35. The van der Waals surface area contributed by atoms with Crippen LogP contribution in [0.15, 0.2) is 48.5 Å². The average molecular weight is 275 g/mol. The maximum absolute atomic E-state index is 10.6. The fourth-order valence-electron chi connectivity index (χ4n) is 2.22. The fourth-order valence-corrected chi connectivity index (χ4v) is 2.41. The Kier molecular flexibility index (Phi) is 4.28. The summed E-state index contributed by atoms with van der Waals surface area (Å²) in [5.74, 6) is 0. The molecule has 0 bridgehead atoms. The molecule has 0 amide bonds. The normalized spacial score (nSPS) is 14.1. The molecule has 0 saturated carbocycles. The number of aryl methyl sites for hydroxylation is 1. The summed E-state index contributed by atoms with van der Waals surface area (Å²) in [6.45, 7) is 3.96. The number of benzene rings is 2. The van der Waals surface area contributed by atoms with Gasteiger partial charge in [-0.15, -0.1) is 0 Å². The molecule has 2 aromatic rings. The Balaban J connectivity index is 2.20. The van der Waals surface area contributed by atoms with Gasteiger partial charge in [-0.25, -0.2) is 0 Å². The van der Waals surface area contributed by atoms with Gasteiger partial charge < -0.3 is 5.11 Å². The van der Waals surface area contributed by atoms with E-state index in [1.165, 1.54) is 5.56 Å². The maximum Gasteiger partial charge on any atom is 0.0909 e. The zero-order valence-corrected chi connectivity index (χ0v) is 12.1. The fraction of sp³-hybridized carbons (Fsp3) is 0.294. The van der Waals surface area contributed by atoms with Crippen molar-refractivity contribution in [2.75, 3.05) is 0 Å². The lowest BCUT2D eigenvalue weighted by Crippen LogP contribution is -2.24. The minimum atomic E-state index is -0.904. The number of halogens is 1. The lowest BCUT2D eigenvalue weighted by molar-refractivity contribution is 0.0576. The summed E-state index contributed by atoms with van der Waals surface area (Å²) in [5, 5.41) is 11.3. The molecule has 2 heteroatoms. The number of aliphatic hydroxyl groups is 1. The zero-order chi connectivity index (χ0) is 13.9. The molecule has 0 spiro atoms. The highest BCUT2D eigenvalue weighted by Crippen LogP contribution is 2.27. The van der Waals surface area contributed by atoms with Crippen molar-refractivity contribution in [3.05, 3.63) is 70.2 Å². The van der Waals surface area contributed by atoms with Crippen molar-refractivity contribution in [2.45, 2.75) is 32.3 Å². The third-order valence-corrected chi connectivity index (χ3v) is 3.66. The Bertz CT molecular complexity index is 543. The van der Waals surface area contributed by atoms with Crippen LogP contribution in [0.3, 0.4) is 0 Å². The lowest BCUT2D eigenvalue weighted by atomic mass is 9.89. The molecule has 1 N–H and O–H groups in total. The van der Waals surface area contributed by atoms with Gasteiger partial charge in [-0.2, -0.15) is 0 Å². The second-order valence-electron chi connectivity index (χ2n) is 5.13. The van der Waals surface area contributed by atoms with E-state index in [0.29, 0.717) is 11.4 Å². The van der Waals surface area contributed by atoms with E-state index in [1.54, 1.807) is 0 Å². The molecule has 0 aliphatic heterocycles. The van der Waals surface area contributed by atoms with Crippen LogP contribution in [0, 0.1) is 0 Å². The lowest BCUT2D eigenvalue weighted by Gasteiger charge is -2.24. The third-order valence-electron chi connectivity index (χ3n) is 3.43. The molecule has 0 radical (unpaired) electrons. The Hall–Kier alpha value is -1.31. The summed E-state index contributed by atoms with van der Waals surface area (Å²) in [5.41, 5.74) is 2.38. The van der Waals surface area contributed by atoms with E-state index in [-0.39, 0.29) is 0 Å². The van der Waals surface area contributed by atoms with Crippen LogP contribution in [-0.2, 0) is 18.4 Å². The van der Waals surface area contributed by atoms with Crippen LogP contribution in [-0.4, -0.2) is 5.11 Å². The molecule has 0 heterocycles. The van der Waals surface area contributed by atoms with Crippen LogP contribution < -0.4 is 0 Å². The molecule has 100 valence electrons. The quantitative estimate of drug-likeness (QED) is 0.879. The minimum absolute atomic E-state index is 0.581. The second-order valence-corrected chi connectivity index (χ2v) is 5.57. The number of hydrogen-bond acceptors (Lipinski definition) is 1. The molecule has 1 nitrogen and oxygen atoms in total. The summed E-state index contributed by atoms with van der Waals surface area (Å²) in [7, 11) is 0. The van der Waals surface area contributed by atoms with E-state index in [9.17, 15) is 5.11 Å². The first-order valence-corrected chi connectivity index (χ1v) is 6.95. The standard InChI is InChI=1S/C17H19ClO/c1-3-13-7-9-14(10-8-13)12-17(2,19)15-5-4-6-16(18)11-15/h4-11,19H,3,12H2,1-2H3. The topological polar surface area (TPSA) is 20.2 Å². The Morgan fingerprint density at radius 1 is 1.05 bits per heavy atom. The average Bonchev–Trinajstić information content (AvgIpc) is 2.39. The Labute approximate surface area is 119 Å². The van der Waals surface area contributed by atoms with Crippen molar-refractivity contribution in [1.29, 1.82) is 0 Å². The Morgan fingerprint density at radius 3 is 2.26 bits per heavy atom. The molecule has 0 saturated heterocycles. The van der Waals surface area contributed by atoms with Gasteiger partial charge in [0.1, 0.15) is 0 Å². The van der Waals surface area contributed by atoms with Crippen molar-refractivity contribution < 1.29 is 5.11 Å². The molecule has 0 aromatic heterocycles. The number of hydrogen-bond donors (Lipinski definition) is 1. The molecular weight excluding hydrogens is 256 g/mol. The third kappa shape index (κ3) is 3.59. The van der Waals surface area contributed by atoms with Gasteiger partial charge in [0.05, 0.1) is 5.60 Å². The van der Waals surface area contributed by atoms with Gasteiger partial charge in [0.2, 0.25) is 0 Å². The van der Waals surface area contributed by atoms with Crippen molar-refractivity contribution in [2.24, 2.45) is 0 Å². The molecule has 0 fully saturated rings. The zero-order valence-electron chi connectivity index (χ0n) is 11.4. The highest BCUT2D eigenvalue weighted by molar-refractivity contribution is 6.30. The molecule has 0 aliphatic carbocycles. The summed E-state index contributed by atoms with van der Waals surface area (Å²) in [4.78, 5) is 0. The van der Waals surface area contributed by atoms with Crippen LogP contribution in [0.1, 0.15) is 30.5 Å². The van der Waals surface area contributed by atoms with Crippen LogP contribution in [0.25, 0.3) is 0 Å². The first-order valence-electron chi connectivity index (χ1n) is 6.57. The van der Waals surface area contributed by atoms with E-state index >= 15 is 0 Å². The van der Waals surface area contributed by atoms with E-state index in [1.807, 2.05) is 31.2 Å². The van der Waals surface area contributed by atoms with Gasteiger partial charge in [0, 0.05) is 11.4 Å². The molecule has 0 aliphatic rings. The SMILES string of the molecule is CCc1ccc(CC(C)(O)c2cccc(Cl)c2)cc1. The van der Waals surface area contributed by atoms with Crippen LogP contribution in [0.2, 0.25) is 5.02 Å². The van der Waals surface area contributed by atoms with Gasteiger partial charge in [-0.1, -0.05) is 54.9 Å². The largest absolute Gasteiger partial charge is 0.385 e. The highest BCUT2D eigenvalue weighted by Gasteiger charge is 2.23. The van der Waals surface area contributed by atoms with Crippen LogP contribution in [0.5, 0.6) is 0 Å². The van der Waals surface area contributed by atoms with Crippen LogP contribution >= 0.6 is 11.6 Å². The molecule has 1 atom stereocenters. The van der Waals surface area contributed by atoms with Gasteiger partial charge in [-0.05, 0) is 42.2 Å². The summed E-state index contributed by atoms with van der Waals surface area (Å²) >= 11 is 5.98. The van der Waals surface area contributed by atoms with E-state index < -0.39 is 5.60 Å². The first-order chi connectivity index (χ1) is 9.01. The summed E-state index contributed by atoms with van der Waals surface area (Å²) in [6, 6.07) is 15.8. The molecule has 19 heavy (non-hydrogen) atoms. The minimum Gasteiger partial charge on any atom is -0.385 e. The number of rotatable bonds is 4. The Morgan fingerprint density at radius 2 is 1.68 bits per heavy atom. The highest BCUT2D eigenvalue weighted by atomic mass is 35.5. The maximum atomic E-state index is 10.6. The van der Waals surface area contributed by atoms with Gasteiger partial charge in [-0.3, -0.25) is 0 Å². The van der Waals surface area contributed by atoms with Crippen LogP contribution in [0.4, 0.5) is 0 Å². The van der Waals surface area contributed by atoms with Gasteiger partial charge >= 0.3 is 0 Å². The van der Waals surface area contributed by atoms with Crippen molar-refractivity contribution >= 4 is 11.6 Å². The van der Waals surface area contributed by atoms with E-state index in [2.05, 4.69) is 31.2 Å². The van der Waals surface area contributed by atoms with Gasteiger partial charge in [0.25, 0.3) is 0 Å².